The van der Waals surface area contributed by atoms with Gasteiger partial charge in [-0.2, -0.15) is 5.26 Å². The van der Waals surface area contributed by atoms with Crippen LogP contribution in [-0.4, -0.2) is 41.7 Å². The second-order valence-electron chi connectivity index (χ2n) is 7.84. The van der Waals surface area contributed by atoms with E-state index in [9.17, 15) is 14.9 Å². The van der Waals surface area contributed by atoms with E-state index in [-0.39, 0.29) is 23.5 Å². The Bertz CT molecular complexity index is 738. The summed E-state index contributed by atoms with van der Waals surface area (Å²) in [6.45, 7) is 8.93. The van der Waals surface area contributed by atoms with Gasteiger partial charge in [0.05, 0.1) is 23.7 Å². The van der Waals surface area contributed by atoms with Gasteiger partial charge >= 0.3 is 11.9 Å². The number of aliphatic carboxylic acids is 1. The number of nitriles is 1. The number of carbonyl (C=O) groups is 2. The fourth-order valence-electron chi connectivity index (χ4n) is 2.87. The molecule has 1 N–H and O–H groups in total. The fourth-order valence-corrected chi connectivity index (χ4v) is 2.87. The zero-order chi connectivity index (χ0) is 19.5. The van der Waals surface area contributed by atoms with Gasteiger partial charge in [-0.25, -0.2) is 9.78 Å². The maximum atomic E-state index is 12.3. The fraction of sp³-hybridized carbons (Fsp3) is 0.579. The van der Waals surface area contributed by atoms with Gasteiger partial charge in [0.25, 0.3) is 0 Å². The Hall–Kier alpha value is -2.62. The summed E-state index contributed by atoms with van der Waals surface area (Å²) in [7, 11) is 0. The number of ether oxygens (including phenoxy) is 1. The van der Waals surface area contributed by atoms with Gasteiger partial charge < -0.3 is 14.7 Å². The van der Waals surface area contributed by atoms with Gasteiger partial charge in [-0.1, -0.05) is 20.8 Å². The Labute approximate surface area is 153 Å². The molecule has 140 valence electrons. The summed E-state index contributed by atoms with van der Waals surface area (Å²) in [6.07, 6.45) is 2.46. The predicted octanol–water partition coefficient (Wildman–Crippen LogP) is 2.77. The van der Waals surface area contributed by atoms with Crippen molar-refractivity contribution in [1.82, 2.24) is 4.98 Å². The van der Waals surface area contributed by atoms with Crippen molar-refractivity contribution >= 4 is 17.8 Å². The predicted molar refractivity (Wildman–Crippen MR) is 96.0 cm³/mol. The van der Waals surface area contributed by atoms with Gasteiger partial charge in [0.15, 0.2) is 0 Å². The number of nitrogens with zero attached hydrogens (tertiary/aromatic N) is 3. The molecule has 7 heteroatoms. The number of aromatic nitrogens is 1. The normalized spacial score (nSPS) is 15.4. The number of anilines is 1. The van der Waals surface area contributed by atoms with Gasteiger partial charge in [-0.3, -0.25) is 4.79 Å². The van der Waals surface area contributed by atoms with Crippen LogP contribution in [0.3, 0.4) is 0 Å². The molecule has 1 aliphatic rings. The van der Waals surface area contributed by atoms with Crippen LogP contribution in [0.25, 0.3) is 0 Å². The molecule has 7 nitrogen and oxygen atoms in total. The second-order valence-corrected chi connectivity index (χ2v) is 7.84. The molecule has 0 aliphatic carbocycles. The molecule has 0 aromatic carbocycles. The van der Waals surface area contributed by atoms with Crippen molar-refractivity contribution in [2.45, 2.75) is 40.5 Å². The van der Waals surface area contributed by atoms with E-state index in [1.54, 1.807) is 6.92 Å². The number of pyridine rings is 1. The molecule has 1 saturated heterocycles. The van der Waals surface area contributed by atoms with E-state index in [4.69, 9.17) is 9.84 Å². The lowest BCUT2D eigenvalue weighted by molar-refractivity contribution is -0.142. The van der Waals surface area contributed by atoms with Crippen molar-refractivity contribution in [3.63, 3.8) is 0 Å². The first kappa shape index (κ1) is 19.7. The van der Waals surface area contributed by atoms with Gasteiger partial charge in [-0.15, -0.1) is 0 Å². The smallest absolute Gasteiger partial charge is 0.340 e. The van der Waals surface area contributed by atoms with E-state index in [0.29, 0.717) is 42.9 Å². The molecule has 0 amide bonds. The van der Waals surface area contributed by atoms with Crippen molar-refractivity contribution in [3.8, 4) is 6.07 Å². The topological polar surface area (TPSA) is 104 Å². The SMILES string of the molecule is Cc1c(C(=O)OCC(C)(C)C)cnc(N2CCC(C(=O)O)CC2)c1C#N. The number of rotatable bonds is 4. The summed E-state index contributed by atoms with van der Waals surface area (Å²) in [5.74, 6) is -1.13. The largest absolute Gasteiger partial charge is 0.481 e. The van der Waals surface area contributed by atoms with Crippen LogP contribution in [0.1, 0.15) is 55.1 Å². The Morgan fingerprint density at radius 3 is 2.50 bits per heavy atom. The van der Waals surface area contributed by atoms with Crippen LogP contribution in [0.2, 0.25) is 0 Å². The number of esters is 1. The molecule has 1 aromatic heterocycles. The summed E-state index contributed by atoms with van der Waals surface area (Å²) in [5.41, 5.74) is 1.01. The quantitative estimate of drug-likeness (QED) is 0.824. The highest BCUT2D eigenvalue weighted by atomic mass is 16.5. The molecule has 1 aliphatic heterocycles. The molecule has 2 rings (SSSR count). The van der Waals surface area contributed by atoms with Crippen molar-refractivity contribution in [2.24, 2.45) is 11.3 Å². The molecule has 0 atom stereocenters. The van der Waals surface area contributed by atoms with E-state index in [1.807, 2.05) is 25.7 Å². The number of carboxylic acids is 1. The Balaban J connectivity index is 2.21. The van der Waals surface area contributed by atoms with Crippen molar-refractivity contribution in [2.75, 3.05) is 24.6 Å². The third-order valence-electron chi connectivity index (χ3n) is 4.43. The van der Waals surface area contributed by atoms with Crippen LogP contribution in [0.15, 0.2) is 6.20 Å². The third-order valence-corrected chi connectivity index (χ3v) is 4.43. The third kappa shape index (κ3) is 4.51. The Kier molecular flexibility index (Phi) is 5.86. The average molecular weight is 359 g/mol. The van der Waals surface area contributed by atoms with E-state index in [0.717, 1.165) is 0 Å². The highest BCUT2D eigenvalue weighted by Gasteiger charge is 2.28. The van der Waals surface area contributed by atoms with Crippen molar-refractivity contribution in [1.29, 1.82) is 5.26 Å². The van der Waals surface area contributed by atoms with Gasteiger partial charge in [0.1, 0.15) is 11.9 Å². The van der Waals surface area contributed by atoms with Crippen LogP contribution in [-0.2, 0) is 9.53 Å². The molecule has 26 heavy (non-hydrogen) atoms. The molecule has 0 bridgehead atoms. The first-order valence-corrected chi connectivity index (χ1v) is 8.68. The van der Waals surface area contributed by atoms with Gasteiger partial charge in [-0.05, 0) is 30.7 Å². The van der Waals surface area contributed by atoms with Gasteiger partial charge in [0.2, 0.25) is 0 Å². The number of piperidine rings is 1. The lowest BCUT2D eigenvalue weighted by atomic mass is 9.96. The number of hydrogen-bond donors (Lipinski definition) is 1. The minimum absolute atomic E-state index is 0.149. The number of carboxylic acid groups (broad SMARTS) is 1. The molecular weight excluding hydrogens is 334 g/mol. The second kappa shape index (κ2) is 7.73. The van der Waals surface area contributed by atoms with E-state index >= 15 is 0 Å². The van der Waals surface area contributed by atoms with Crippen LogP contribution >= 0.6 is 0 Å². The first-order chi connectivity index (χ1) is 12.1. The number of hydrogen-bond acceptors (Lipinski definition) is 6. The summed E-state index contributed by atoms with van der Waals surface area (Å²) in [6, 6.07) is 2.13. The molecule has 0 unspecified atom stereocenters. The van der Waals surface area contributed by atoms with Crippen LogP contribution < -0.4 is 4.90 Å². The van der Waals surface area contributed by atoms with Crippen LogP contribution in [0.5, 0.6) is 0 Å². The zero-order valence-electron chi connectivity index (χ0n) is 15.7. The van der Waals surface area contributed by atoms with E-state index < -0.39 is 11.9 Å². The van der Waals surface area contributed by atoms with E-state index in [1.165, 1.54) is 6.20 Å². The summed E-state index contributed by atoms with van der Waals surface area (Å²) >= 11 is 0. The van der Waals surface area contributed by atoms with Crippen LogP contribution in [0.4, 0.5) is 5.82 Å². The minimum Gasteiger partial charge on any atom is -0.481 e. The molecule has 0 spiro atoms. The highest BCUT2D eigenvalue weighted by Crippen LogP contribution is 2.28. The lowest BCUT2D eigenvalue weighted by Gasteiger charge is -2.32. The van der Waals surface area contributed by atoms with E-state index in [2.05, 4.69) is 11.1 Å². The molecule has 0 radical (unpaired) electrons. The number of carbonyl (C=O) groups excluding carboxylic acids is 1. The minimum atomic E-state index is -0.786. The summed E-state index contributed by atoms with van der Waals surface area (Å²) < 4.78 is 5.33. The Morgan fingerprint density at radius 1 is 1.38 bits per heavy atom. The lowest BCUT2D eigenvalue weighted by Crippen LogP contribution is -2.37. The zero-order valence-corrected chi connectivity index (χ0v) is 15.7. The maximum absolute atomic E-state index is 12.3. The highest BCUT2D eigenvalue weighted by molar-refractivity contribution is 5.92. The molecular formula is C19H25N3O4. The molecule has 0 saturated carbocycles. The average Bonchev–Trinajstić information content (AvgIpc) is 2.58. The maximum Gasteiger partial charge on any atom is 0.340 e. The Morgan fingerprint density at radius 2 is 2.00 bits per heavy atom. The molecule has 1 fully saturated rings. The van der Waals surface area contributed by atoms with Gasteiger partial charge in [0, 0.05) is 19.3 Å². The first-order valence-electron chi connectivity index (χ1n) is 8.68. The summed E-state index contributed by atoms with van der Waals surface area (Å²) in [4.78, 5) is 29.7. The monoisotopic (exact) mass is 359 g/mol. The van der Waals surface area contributed by atoms with Crippen LogP contribution in [0, 0.1) is 29.6 Å². The van der Waals surface area contributed by atoms with Crippen molar-refractivity contribution in [3.05, 3.63) is 22.9 Å². The molecule has 1 aromatic rings. The molecule has 2 heterocycles. The summed E-state index contributed by atoms with van der Waals surface area (Å²) in [5, 5.41) is 18.7. The van der Waals surface area contributed by atoms with Crippen molar-refractivity contribution < 1.29 is 19.4 Å². The standard InChI is InChI=1S/C19H25N3O4/c1-12-14(9-20)16(22-7-5-13(6-8-22)17(23)24)21-10-15(12)18(25)26-11-19(2,3)4/h10,13H,5-8,11H2,1-4H3,(H,23,24).